The van der Waals surface area contributed by atoms with Crippen molar-refractivity contribution in [2.24, 2.45) is 0 Å². The van der Waals surface area contributed by atoms with Gasteiger partial charge in [-0.25, -0.2) is 0 Å². The number of amides is 1. The summed E-state index contributed by atoms with van der Waals surface area (Å²) >= 11 is 0. The van der Waals surface area contributed by atoms with Gasteiger partial charge in [-0.3, -0.25) is 9.48 Å². The van der Waals surface area contributed by atoms with Gasteiger partial charge in [-0.2, -0.15) is 5.10 Å². The van der Waals surface area contributed by atoms with Crippen LogP contribution >= 0.6 is 0 Å². The summed E-state index contributed by atoms with van der Waals surface area (Å²) in [5, 5.41) is 7.34. The number of benzene rings is 1. The number of aromatic nitrogens is 2. The number of hydrogen-bond acceptors (Lipinski definition) is 3. The second-order valence-corrected chi connectivity index (χ2v) is 5.48. The maximum atomic E-state index is 11.9. The molecule has 0 radical (unpaired) electrons. The van der Waals surface area contributed by atoms with Gasteiger partial charge in [0, 0.05) is 30.6 Å². The molecule has 3 rings (SSSR count). The summed E-state index contributed by atoms with van der Waals surface area (Å²) in [5.74, 6) is 0.0909. The fourth-order valence-electron chi connectivity index (χ4n) is 2.70. The van der Waals surface area contributed by atoms with Crippen molar-refractivity contribution in [3.8, 4) is 0 Å². The largest absolute Gasteiger partial charge is 0.376 e. The van der Waals surface area contributed by atoms with Crippen molar-refractivity contribution < 1.29 is 9.53 Å². The van der Waals surface area contributed by atoms with E-state index in [0.29, 0.717) is 26.1 Å². The monoisotopic (exact) mass is 299 g/mol. The number of carbonyl (C=O) groups is 1. The molecular formula is C17H21N3O2. The third-order valence-electron chi connectivity index (χ3n) is 3.91. The average molecular weight is 299 g/mol. The van der Waals surface area contributed by atoms with E-state index in [1.165, 1.54) is 16.8 Å². The predicted octanol–water partition coefficient (Wildman–Crippen LogP) is 1.70. The highest BCUT2D eigenvalue weighted by Gasteiger charge is 2.15. The minimum atomic E-state index is 0.0909. The van der Waals surface area contributed by atoms with Crippen LogP contribution in [0.2, 0.25) is 0 Å². The highest BCUT2D eigenvalue weighted by molar-refractivity contribution is 5.76. The van der Waals surface area contributed by atoms with Crippen molar-refractivity contribution in [1.29, 1.82) is 0 Å². The minimum Gasteiger partial charge on any atom is -0.376 e. The zero-order valence-corrected chi connectivity index (χ0v) is 12.6. The molecule has 1 aromatic carbocycles. The number of aryl methyl sites for hydroxylation is 1. The first kappa shape index (κ1) is 14.8. The third kappa shape index (κ3) is 3.74. The Kier molecular flexibility index (Phi) is 4.85. The molecule has 1 amide bonds. The lowest BCUT2D eigenvalue weighted by Crippen LogP contribution is -2.28. The molecule has 0 atom stereocenters. The Labute approximate surface area is 130 Å². The molecule has 0 unspecified atom stereocenters. The van der Waals surface area contributed by atoms with E-state index in [-0.39, 0.29) is 5.91 Å². The van der Waals surface area contributed by atoms with Gasteiger partial charge in [-0.05, 0) is 12.0 Å². The Balaban J connectivity index is 1.41. The van der Waals surface area contributed by atoms with Gasteiger partial charge in [-0.15, -0.1) is 0 Å². The molecular weight excluding hydrogens is 278 g/mol. The fraction of sp³-hybridized carbons (Fsp3) is 0.412. The summed E-state index contributed by atoms with van der Waals surface area (Å²) in [7, 11) is 0. The molecule has 2 aromatic rings. The molecule has 5 nitrogen and oxygen atoms in total. The number of ether oxygens (including phenoxy) is 1. The summed E-state index contributed by atoms with van der Waals surface area (Å²) in [6.45, 7) is 2.73. The van der Waals surface area contributed by atoms with Gasteiger partial charge in [0.1, 0.15) is 0 Å². The normalized spacial score (nSPS) is 13.6. The second-order valence-electron chi connectivity index (χ2n) is 5.48. The van der Waals surface area contributed by atoms with E-state index in [0.717, 1.165) is 19.4 Å². The van der Waals surface area contributed by atoms with Gasteiger partial charge in [0.25, 0.3) is 0 Å². The fourth-order valence-corrected chi connectivity index (χ4v) is 2.70. The molecule has 1 aromatic heterocycles. The van der Waals surface area contributed by atoms with E-state index in [2.05, 4.69) is 10.4 Å². The van der Waals surface area contributed by atoms with Crippen LogP contribution in [0.15, 0.2) is 36.5 Å². The molecule has 0 fully saturated rings. The number of carbonyl (C=O) groups excluding carboxylic acids is 1. The van der Waals surface area contributed by atoms with Crippen molar-refractivity contribution in [3.63, 3.8) is 0 Å². The summed E-state index contributed by atoms with van der Waals surface area (Å²) in [6.07, 6.45) is 4.07. The Morgan fingerprint density at radius 2 is 2.18 bits per heavy atom. The third-order valence-corrected chi connectivity index (χ3v) is 3.91. The Morgan fingerprint density at radius 3 is 3.05 bits per heavy atom. The van der Waals surface area contributed by atoms with E-state index >= 15 is 0 Å². The number of fused-ring (bicyclic) bond motifs is 1. The van der Waals surface area contributed by atoms with E-state index in [9.17, 15) is 4.79 Å². The van der Waals surface area contributed by atoms with E-state index < -0.39 is 0 Å². The Morgan fingerprint density at radius 1 is 1.32 bits per heavy atom. The lowest BCUT2D eigenvalue weighted by atomic mass is 10.1. The summed E-state index contributed by atoms with van der Waals surface area (Å²) in [4.78, 5) is 11.9. The van der Waals surface area contributed by atoms with Gasteiger partial charge in [0.2, 0.25) is 5.91 Å². The highest BCUT2D eigenvalue weighted by Crippen LogP contribution is 2.15. The maximum Gasteiger partial charge on any atom is 0.220 e. The molecule has 5 heteroatoms. The van der Waals surface area contributed by atoms with Gasteiger partial charge in [0.15, 0.2) is 0 Å². The average Bonchev–Trinajstić information content (AvgIpc) is 2.97. The van der Waals surface area contributed by atoms with Crippen molar-refractivity contribution in [2.75, 3.05) is 13.2 Å². The molecule has 116 valence electrons. The highest BCUT2D eigenvalue weighted by atomic mass is 16.5. The number of nitrogens with one attached hydrogen (secondary N) is 1. The van der Waals surface area contributed by atoms with Gasteiger partial charge in [0.05, 0.1) is 26.0 Å². The van der Waals surface area contributed by atoms with Crippen LogP contribution in [0.1, 0.15) is 23.2 Å². The zero-order valence-electron chi connectivity index (χ0n) is 12.6. The van der Waals surface area contributed by atoms with Crippen LogP contribution in [-0.4, -0.2) is 28.8 Å². The minimum absolute atomic E-state index is 0.0909. The van der Waals surface area contributed by atoms with Crippen LogP contribution in [0.25, 0.3) is 0 Å². The number of hydrogen-bond donors (Lipinski definition) is 1. The van der Waals surface area contributed by atoms with E-state index in [1.54, 1.807) is 0 Å². The van der Waals surface area contributed by atoms with E-state index in [1.807, 2.05) is 41.2 Å². The summed E-state index contributed by atoms with van der Waals surface area (Å²) < 4.78 is 7.38. The maximum absolute atomic E-state index is 11.9. The van der Waals surface area contributed by atoms with Crippen LogP contribution in [0.3, 0.4) is 0 Å². The van der Waals surface area contributed by atoms with Crippen LogP contribution < -0.4 is 5.32 Å². The first-order chi connectivity index (χ1) is 10.8. The first-order valence-corrected chi connectivity index (χ1v) is 7.75. The lowest BCUT2D eigenvalue weighted by molar-refractivity contribution is -0.121. The topological polar surface area (TPSA) is 56.2 Å². The molecule has 1 N–H and O–H groups in total. The molecule has 0 aliphatic carbocycles. The molecule has 1 aliphatic heterocycles. The number of rotatable bonds is 6. The van der Waals surface area contributed by atoms with E-state index in [4.69, 9.17) is 4.74 Å². The molecule has 0 spiro atoms. The van der Waals surface area contributed by atoms with Crippen molar-refractivity contribution in [3.05, 3.63) is 53.3 Å². The van der Waals surface area contributed by atoms with Crippen LogP contribution in [0.5, 0.6) is 0 Å². The molecule has 22 heavy (non-hydrogen) atoms. The van der Waals surface area contributed by atoms with Gasteiger partial charge in [-0.1, -0.05) is 30.3 Å². The van der Waals surface area contributed by atoms with Crippen LogP contribution in [0.4, 0.5) is 0 Å². The lowest BCUT2D eigenvalue weighted by Gasteiger charge is -2.14. The first-order valence-electron chi connectivity index (χ1n) is 7.75. The van der Waals surface area contributed by atoms with Gasteiger partial charge >= 0.3 is 0 Å². The van der Waals surface area contributed by atoms with Crippen molar-refractivity contribution in [2.45, 2.75) is 32.4 Å². The summed E-state index contributed by atoms with van der Waals surface area (Å²) in [6, 6.07) is 10.1. The Bertz CT molecular complexity index is 622. The molecule has 1 aliphatic rings. The van der Waals surface area contributed by atoms with Crippen LogP contribution in [-0.2, 0) is 35.5 Å². The van der Waals surface area contributed by atoms with Crippen molar-refractivity contribution in [1.82, 2.24) is 15.1 Å². The molecule has 0 saturated heterocycles. The standard InChI is InChI=1S/C17H21N3O2/c21-17(7-6-14-4-2-1-3-5-14)18-9-10-20-16-8-11-22-13-15(16)12-19-20/h1-5,12H,6-11,13H2,(H,18,21). The Hall–Kier alpha value is -2.14. The van der Waals surface area contributed by atoms with Crippen molar-refractivity contribution >= 4 is 5.91 Å². The predicted molar refractivity (Wildman–Crippen MR) is 83.4 cm³/mol. The molecule has 2 heterocycles. The molecule has 0 saturated carbocycles. The second kappa shape index (κ2) is 7.22. The van der Waals surface area contributed by atoms with Gasteiger partial charge < -0.3 is 10.1 Å². The number of nitrogens with zero attached hydrogens (tertiary/aromatic N) is 2. The van der Waals surface area contributed by atoms with Crippen LogP contribution in [0, 0.1) is 0 Å². The zero-order chi connectivity index (χ0) is 15.2. The quantitative estimate of drug-likeness (QED) is 0.883. The SMILES string of the molecule is O=C(CCc1ccccc1)NCCn1ncc2c1CCOC2. The smallest absolute Gasteiger partial charge is 0.220 e. The molecule has 0 bridgehead atoms. The summed E-state index contributed by atoms with van der Waals surface area (Å²) in [5.41, 5.74) is 3.60.